The molecule has 1 fully saturated rings. The van der Waals surface area contributed by atoms with Gasteiger partial charge in [0.05, 0.1) is 17.1 Å². The molecule has 0 radical (unpaired) electrons. The molecular weight excluding hydrogens is 374 g/mol. The van der Waals surface area contributed by atoms with Crippen molar-refractivity contribution in [2.45, 2.75) is 19.0 Å². The van der Waals surface area contributed by atoms with E-state index in [0.29, 0.717) is 29.4 Å². The Labute approximate surface area is 158 Å². The second kappa shape index (κ2) is 7.63. The highest BCUT2D eigenvalue weighted by atomic mass is 35.5. The number of amides is 1. The summed E-state index contributed by atoms with van der Waals surface area (Å²) in [5.41, 5.74) is 1.39. The summed E-state index contributed by atoms with van der Waals surface area (Å²) in [5.74, 6) is 0.573. The molecular formula is C18H20ClN3O3S. The van der Waals surface area contributed by atoms with Crippen LogP contribution in [0.1, 0.15) is 22.3 Å². The third-order valence-corrected chi connectivity index (χ3v) is 6.62. The minimum absolute atomic E-state index is 0.0279. The van der Waals surface area contributed by atoms with Crippen LogP contribution in [0.3, 0.4) is 0 Å². The van der Waals surface area contributed by atoms with Gasteiger partial charge < -0.3 is 10.2 Å². The maximum Gasteiger partial charge on any atom is 0.255 e. The van der Waals surface area contributed by atoms with Gasteiger partial charge in [0.2, 0.25) is 0 Å². The van der Waals surface area contributed by atoms with Gasteiger partial charge in [-0.2, -0.15) is 0 Å². The molecule has 6 nitrogen and oxygen atoms in total. The van der Waals surface area contributed by atoms with Crippen LogP contribution in [0.15, 0.2) is 42.6 Å². The number of carbonyl (C=O) groups is 1. The van der Waals surface area contributed by atoms with Crippen molar-refractivity contribution < 1.29 is 13.2 Å². The van der Waals surface area contributed by atoms with Crippen LogP contribution in [0.4, 0.5) is 5.82 Å². The standard InChI is InChI=1S/C18H20ClN3O3S/c1-22(15-8-9-26(24,25)12-15)18(23)14-6-7-17(21-11-14)20-10-13-4-2-3-5-16(13)19/h2-7,11,15H,8-10,12H2,1H3,(H,20,21). The first kappa shape index (κ1) is 18.7. The molecule has 1 aliphatic heterocycles. The molecule has 1 aromatic carbocycles. The SMILES string of the molecule is CN(C(=O)c1ccc(NCc2ccccc2Cl)nc1)C1CCS(=O)(=O)C1. The normalized spacial score (nSPS) is 18.5. The first-order valence-electron chi connectivity index (χ1n) is 8.26. The number of benzene rings is 1. The number of hydrogen-bond acceptors (Lipinski definition) is 5. The van der Waals surface area contributed by atoms with Crippen molar-refractivity contribution in [3.63, 3.8) is 0 Å². The van der Waals surface area contributed by atoms with E-state index in [9.17, 15) is 13.2 Å². The maximum atomic E-state index is 12.5. The Bertz CT molecular complexity index is 900. The molecule has 1 N–H and O–H groups in total. The van der Waals surface area contributed by atoms with E-state index in [1.807, 2.05) is 24.3 Å². The highest BCUT2D eigenvalue weighted by Gasteiger charge is 2.33. The summed E-state index contributed by atoms with van der Waals surface area (Å²) < 4.78 is 23.2. The molecule has 1 amide bonds. The van der Waals surface area contributed by atoms with Crippen molar-refractivity contribution in [1.82, 2.24) is 9.88 Å². The Hall–Kier alpha value is -2.12. The van der Waals surface area contributed by atoms with Crippen molar-refractivity contribution >= 4 is 33.2 Å². The van der Waals surface area contributed by atoms with E-state index < -0.39 is 9.84 Å². The molecule has 0 bridgehead atoms. The Morgan fingerprint density at radius 3 is 2.69 bits per heavy atom. The minimum Gasteiger partial charge on any atom is -0.366 e. The molecule has 1 aromatic heterocycles. The molecule has 138 valence electrons. The Morgan fingerprint density at radius 1 is 1.31 bits per heavy atom. The van der Waals surface area contributed by atoms with Gasteiger partial charge in [-0.1, -0.05) is 29.8 Å². The minimum atomic E-state index is -3.03. The van der Waals surface area contributed by atoms with E-state index in [-0.39, 0.29) is 23.5 Å². The number of anilines is 1. The lowest BCUT2D eigenvalue weighted by Gasteiger charge is -2.23. The van der Waals surface area contributed by atoms with E-state index in [1.54, 1.807) is 19.2 Å². The van der Waals surface area contributed by atoms with Gasteiger partial charge in [-0.3, -0.25) is 4.79 Å². The second-order valence-corrected chi connectivity index (χ2v) is 8.99. The second-order valence-electron chi connectivity index (χ2n) is 6.35. The van der Waals surface area contributed by atoms with Crippen LogP contribution in [-0.2, 0) is 16.4 Å². The molecule has 1 aliphatic rings. The fourth-order valence-corrected chi connectivity index (χ4v) is 4.88. The summed E-state index contributed by atoms with van der Waals surface area (Å²) in [6, 6.07) is 10.7. The fraction of sp³-hybridized carbons (Fsp3) is 0.333. The number of hydrogen-bond donors (Lipinski definition) is 1. The number of nitrogens with one attached hydrogen (secondary N) is 1. The third-order valence-electron chi connectivity index (χ3n) is 4.50. The van der Waals surface area contributed by atoms with E-state index in [0.717, 1.165) is 5.56 Å². The first-order valence-corrected chi connectivity index (χ1v) is 10.5. The van der Waals surface area contributed by atoms with Gasteiger partial charge in [0.25, 0.3) is 5.91 Å². The van der Waals surface area contributed by atoms with E-state index in [4.69, 9.17) is 11.6 Å². The Morgan fingerprint density at radius 2 is 2.08 bits per heavy atom. The van der Waals surface area contributed by atoms with Gasteiger partial charge in [-0.05, 0) is 30.2 Å². The Kier molecular flexibility index (Phi) is 5.48. The molecule has 8 heteroatoms. The zero-order valence-electron chi connectivity index (χ0n) is 14.4. The van der Waals surface area contributed by atoms with Crippen LogP contribution < -0.4 is 5.32 Å². The largest absolute Gasteiger partial charge is 0.366 e. The quantitative estimate of drug-likeness (QED) is 0.844. The van der Waals surface area contributed by atoms with Gasteiger partial charge >= 0.3 is 0 Å². The lowest BCUT2D eigenvalue weighted by molar-refractivity contribution is 0.0747. The summed E-state index contributed by atoms with van der Waals surface area (Å²) >= 11 is 6.12. The van der Waals surface area contributed by atoms with Crippen molar-refractivity contribution in [1.29, 1.82) is 0 Å². The maximum absolute atomic E-state index is 12.5. The molecule has 3 rings (SSSR count). The smallest absolute Gasteiger partial charge is 0.255 e. The zero-order chi connectivity index (χ0) is 18.7. The first-order chi connectivity index (χ1) is 12.4. The molecule has 2 aromatic rings. The van der Waals surface area contributed by atoms with Crippen LogP contribution in [0.2, 0.25) is 5.02 Å². The molecule has 0 saturated carbocycles. The van der Waals surface area contributed by atoms with Gasteiger partial charge in [-0.15, -0.1) is 0 Å². The lowest BCUT2D eigenvalue weighted by atomic mass is 10.2. The van der Waals surface area contributed by atoms with Gasteiger partial charge in [0.15, 0.2) is 9.84 Å². The number of rotatable bonds is 5. The lowest BCUT2D eigenvalue weighted by Crippen LogP contribution is -2.37. The van der Waals surface area contributed by atoms with Crippen molar-refractivity contribution in [3.8, 4) is 0 Å². The van der Waals surface area contributed by atoms with Gasteiger partial charge in [0, 0.05) is 30.9 Å². The van der Waals surface area contributed by atoms with Gasteiger partial charge in [-0.25, -0.2) is 13.4 Å². The van der Waals surface area contributed by atoms with Crippen molar-refractivity contribution in [2.75, 3.05) is 23.9 Å². The van der Waals surface area contributed by atoms with Crippen LogP contribution in [0.25, 0.3) is 0 Å². The van der Waals surface area contributed by atoms with Crippen LogP contribution in [-0.4, -0.2) is 48.8 Å². The van der Waals surface area contributed by atoms with E-state index >= 15 is 0 Å². The molecule has 0 aliphatic carbocycles. The predicted molar refractivity (Wildman–Crippen MR) is 102 cm³/mol. The average Bonchev–Trinajstić information content (AvgIpc) is 3.00. The number of carbonyl (C=O) groups excluding carboxylic acids is 1. The Balaban J connectivity index is 1.62. The van der Waals surface area contributed by atoms with Crippen molar-refractivity contribution in [2.24, 2.45) is 0 Å². The zero-order valence-corrected chi connectivity index (χ0v) is 15.9. The summed E-state index contributed by atoms with van der Waals surface area (Å²) in [4.78, 5) is 18.3. The summed E-state index contributed by atoms with van der Waals surface area (Å²) in [6.07, 6.45) is 1.98. The van der Waals surface area contributed by atoms with Crippen LogP contribution in [0.5, 0.6) is 0 Å². The summed E-state index contributed by atoms with van der Waals surface area (Å²) in [6.45, 7) is 0.528. The molecule has 1 saturated heterocycles. The number of pyridine rings is 1. The molecule has 26 heavy (non-hydrogen) atoms. The topological polar surface area (TPSA) is 79.4 Å². The molecule has 1 atom stereocenters. The highest BCUT2D eigenvalue weighted by Crippen LogP contribution is 2.19. The fourth-order valence-electron chi connectivity index (χ4n) is 2.90. The average molecular weight is 394 g/mol. The molecule has 2 heterocycles. The number of aromatic nitrogens is 1. The number of sulfone groups is 1. The predicted octanol–water partition coefficient (Wildman–Crippen LogP) is 2.61. The monoisotopic (exact) mass is 393 g/mol. The summed E-state index contributed by atoms with van der Waals surface area (Å²) in [5, 5.41) is 3.84. The molecule has 0 spiro atoms. The van der Waals surface area contributed by atoms with E-state index in [2.05, 4.69) is 10.3 Å². The van der Waals surface area contributed by atoms with Crippen molar-refractivity contribution in [3.05, 3.63) is 58.7 Å². The highest BCUT2D eigenvalue weighted by molar-refractivity contribution is 7.91. The van der Waals surface area contributed by atoms with Crippen LogP contribution >= 0.6 is 11.6 Å². The van der Waals surface area contributed by atoms with E-state index in [1.165, 1.54) is 11.1 Å². The van der Waals surface area contributed by atoms with Gasteiger partial charge in [0.1, 0.15) is 5.82 Å². The van der Waals surface area contributed by atoms with Crippen LogP contribution in [0, 0.1) is 0 Å². The third kappa shape index (κ3) is 4.34. The number of halogens is 1. The number of nitrogens with zero attached hydrogens (tertiary/aromatic N) is 2. The molecule has 1 unspecified atom stereocenters. The summed E-state index contributed by atoms with van der Waals surface area (Å²) in [7, 11) is -1.39.